The Morgan fingerprint density at radius 2 is 2.07 bits per heavy atom. The second kappa shape index (κ2) is 3.08. The molecule has 0 fully saturated rings. The van der Waals surface area contributed by atoms with Crippen LogP contribution in [0, 0.1) is 13.8 Å². The molecule has 2 aromatic rings. The van der Waals surface area contributed by atoms with Crippen molar-refractivity contribution >= 4 is 17.0 Å². The molecule has 4 nitrogen and oxygen atoms in total. The van der Waals surface area contributed by atoms with E-state index in [1.165, 1.54) is 0 Å². The number of hydrogen-bond acceptors (Lipinski definition) is 2. The molecule has 0 aliphatic rings. The molecule has 15 heavy (non-hydrogen) atoms. The van der Waals surface area contributed by atoms with E-state index in [0.717, 1.165) is 17.0 Å². The number of carboxylic acid groups (broad SMARTS) is 1. The maximum atomic E-state index is 11.1. The summed E-state index contributed by atoms with van der Waals surface area (Å²) in [6, 6.07) is 3.64. The first-order chi connectivity index (χ1) is 7.02. The van der Waals surface area contributed by atoms with Gasteiger partial charge >= 0.3 is 5.97 Å². The fourth-order valence-corrected chi connectivity index (χ4v) is 1.79. The summed E-state index contributed by atoms with van der Waals surface area (Å²) in [6.07, 6.45) is 0. The first-order valence-electron chi connectivity index (χ1n) is 4.68. The van der Waals surface area contributed by atoms with Gasteiger partial charge in [0.05, 0.1) is 5.56 Å². The summed E-state index contributed by atoms with van der Waals surface area (Å²) in [5.74, 6) is -0.899. The third-order valence-electron chi connectivity index (χ3n) is 2.68. The number of carbonyl (C=O) groups is 1. The Kier molecular flexibility index (Phi) is 2.00. The van der Waals surface area contributed by atoms with Crippen molar-refractivity contribution in [3.63, 3.8) is 0 Å². The number of carboxylic acids is 1. The van der Waals surface area contributed by atoms with Crippen LogP contribution in [0.1, 0.15) is 21.7 Å². The molecule has 0 atom stereocenters. The number of aromatic carboxylic acids is 1. The number of nitrogens with zero attached hydrogens (tertiary/aromatic N) is 2. The van der Waals surface area contributed by atoms with Gasteiger partial charge in [0.25, 0.3) is 0 Å². The van der Waals surface area contributed by atoms with Crippen LogP contribution in [0.5, 0.6) is 0 Å². The van der Waals surface area contributed by atoms with E-state index in [4.69, 9.17) is 5.11 Å². The average molecular weight is 204 g/mol. The Morgan fingerprint density at radius 3 is 2.67 bits per heavy atom. The highest BCUT2D eigenvalue weighted by Crippen LogP contribution is 2.23. The van der Waals surface area contributed by atoms with Gasteiger partial charge < -0.3 is 9.67 Å². The first-order valence-corrected chi connectivity index (χ1v) is 4.68. The molecule has 4 heteroatoms. The van der Waals surface area contributed by atoms with E-state index >= 15 is 0 Å². The number of aryl methyl sites for hydroxylation is 2. The van der Waals surface area contributed by atoms with Crippen molar-refractivity contribution in [3.05, 3.63) is 29.1 Å². The minimum atomic E-state index is -0.899. The maximum absolute atomic E-state index is 11.1. The lowest BCUT2D eigenvalue weighted by Crippen LogP contribution is -1.99. The molecule has 0 amide bonds. The molecule has 0 aromatic carbocycles. The SMILES string of the molecule is Cc1ccc2c(C(=O)O)c(C)n(C)c2n1. The molecule has 1 N–H and O–H groups in total. The van der Waals surface area contributed by atoms with Crippen molar-refractivity contribution in [3.8, 4) is 0 Å². The molecule has 0 aliphatic carbocycles. The topological polar surface area (TPSA) is 55.1 Å². The smallest absolute Gasteiger partial charge is 0.338 e. The van der Waals surface area contributed by atoms with Gasteiger partial charge in [0.2, 0.25) is 0 Å². The van der Waals surface area contributed by atoms with Gasteiger partial charge in [0, 0.05) is 23.8 Å². The summed E-state index contributed by atoms with van der Waals surface area (Å²) >= 11 is 0. The van der Waals surface area contributed by atoms with Gasteiger partial charge in [-0.15, -0.1) is 0 Å². The number of pyridine rings is 1. The van der Waals surface area contributed by atoms with Gasteiger partial charge in [-0.25, -0.2) is 9.78 Å². The van der Waals surface area contributed by atoms with E-state index in [9.17, 15) is 4.79 Å². The van der Waals surface area contributed by atoms with Gasteiger partial charge in [-0.2, -0.15) is 0 Å². The lowest BCUT2D eigenvalue weighted by molar-refractivity contribution is 0.0698. The minimum Gasteiger partial charge on any atom is -0.478 e. The molecular weight excluding hydrogens is 192 g/mol. The molecule has 2 aromatic heterocycles. The highest BCUT2D eigenvalue weighted by molar-refractivity contribution is 6.04. The predicted octanol–water partition coefficient (Wildman–Crippen LogP) is 1.89. The number of aromatic nitrogens is 2. The zero-order valence-corrected chi connectivity index (χ0v) is 8.90. The van der Waals surface area contributed by atoms with E-state index in [0.29, 0.717) is 10.9 Å². The largest absolute Gasteiger partial charge is 0.478 e. The maximum Gasteiger partial charge on any atom is 0.338 e. The standard InChI is InChI=1S/C11H12N2O2/c1-6-4-5-8-9(11(14)15)7(2)13(3)10(8)12-6/h4-5H,1-3H3,(H,14,15). The van der Waals surface area contributed by atoms with Crippen LogP contribution in [0.2, 0.25) is 0 Å². The molecule has 2 rings (SSSR count). The van der Waals surface area contributed by atoms with Crippen LogP contribution in [0.25, 0.3) is 11.0 Å². The number of fused-ring (bicyclic) bond motifs is 1. The Balaban J connectivity index is 2.93. The highest BCUT2D eigenvalue weighted by atomic mass is 16.4. The Hall–Kier alpha value is -1.84. The van der Waals surface area contributed by atoms with Gasteiger partial charge in [-0.05, 0) is 26.0 Å². The van der Waals surface area contributed by atoms with Gasteiger partial charge in [0.1, 0.15) is 5.65 Å². The Labute approximate surface area is 87.2 Å². The summed E-state index contributed by atoms with van der Waals surface area (Å²) in [7, 11) is 1.83. The van der Waals surface area contributed by atoms with E-state index < -0.39 is 5.97 Å². The van der Waals surface area contributed by atoms with Crippen LogP contribution in [0.4, 0.5) is 0 Å². The van der Waals surface area contributed by atoms with Crippen LogP contribution in [0.15, 0.2) is 12.1 Å². The second-order valence-corrected chi connectivity index (χ2v) is 3.65. The molecule has 78 valence electrons. The lowest BCUT2D eigenvalue weighted by Gasteiger charge is -1.97. The van der Waals surface area contributed by atoms with Crippen LogP contribution in [-0.2, 0) is 7.05 Å². The van der Waals surface area contributed by atoms with Gasteiger partial charge in [-0.1, -0.05) is 0 Å². The van der Waals surface area contributed by atoms with Crippen molar-refractivity contribution in [2.45, 2.75) is 13.8 Å². The van der Waals surface area contributed by atoms with Crippen molar-refractivity contribution in [2.75, 3.05) is 0 Å². The van der Waals surface area contributed by atoms with Crippen molar-refractivity contribution in [1.82, 2.24) is 9.55 Å². The molecule has 0 saturated carbocycles. The monoisotopic (exact) mass is 204 g/mol. The summed E-state index contributed by atoms with van der Waals surface area (Å²) in [6.45, 7) is 3.68. The van der Waals surface area contributed by atoms with E-state index in [1.54, 1.807) is 6.92 Å². The zero-order chi connectivity index (χ0) is 11.2. The molecule has 0 radical (unpaired) electrons. The second-order valence-electron chi connectivity index (χ2n) is 3.65. The van der Waals surface area contributed by atoms with Crippen molar-refractivity contribution in [1.29, 1.82) is 0 Å². The molecule has 0 aliphatic heterocycles. The minimum absolute atomic E-state index is 0.347. The quantitative estimate of drug-likeness (QED) is 0.771. The lowest BCUT2D eigenvalue weighted by atomic mass is 10.1. The van der Waals surface area contributed by atoms with E-state index in [1.807, 2.05) is 30.7 Å². The number of hydrogen-bond donors (Lipinski definition) is 1. The van der Waals surface area contributed by atoms with Crippen molar-refractivity contribution in [2.24, 2.45) is 7.05 Å². The fraction of sp³-hybridized carbons (Fsp3) is 0.273. The molecule has 0 unspecified atom stereocenters. The van der Waals surface area contributed by atoms with Gasteiger partial charge in [-0.3, -0.25) is 0 Å². The summed E-state index contributed by atoms with van der Waals surface area (Å²) in [4.78, 5) is 15.4. The van der Waals surface area contributed by atoms with E-state index in [-0.39, 0.29) is 0 Å². The third-order valence-corrected chi connectivity index (χ3v) is 2.68. The number of rotatable bonds is 1. The Bertz CT molecular complexity index is 555. The van der Waals surface area contributed by atoms with Crippen LogP contribution in [0.3, 0.4) is 0 Å². The zero-order valence-electron chi connectivity index (χ0n) is 8.90. The highest BCUT2D eigenvalue weighted by Gasteiger charge is 2.18. The molecule has 2 heterocycles. The van der Waals surface area contributed by atoms with Crippen LogP contribution in [-0.4, -0.2) is 20.6 Å². The van der Waals surface area contributed by atoms with E-state index in [2.05, 4.69) is 4.98 Å². The fourth-order valence-electron chi connectivity index (χ4n) is 1.79. The third kappa shape index (κ3) is 1.29. The first kappa shape index (κ1) is 9.71. The van der Waals surface area contributed by atoms with Gasteiger partial charge in [0.15, 0.2) is 0 Å². The Morgan fingerprint density at radius 1 is 1.40 bits per heavy atom. The molecule has 0 saturated heterocycles. The summed E-state index contributed by atoms with van der Waals surface area (Å²) in [5.41, 5.74) is 2.69. The summed E-state index contributed by atoms with van der Waals surface area (Å²) in [5, 5.41) is 9.81. The molecule has 0 spiro atoms. The predicted molar refractivity (Wildman–Crippen MR) is 57.1 cm³/mol. The molecular formula is C11H12N2O2. The van der Waals surface area contributed by atoms with Crippen molar-refractivity contribution < 1.29 is 9.90 Å². The van der Waals surface area contributed by atoms with Crippen LogP contribution >= 0.6 is 0 Å². The van der Waals surface area contributed by atoms with Crippen LogP contribution < -0.4 is 0 Å². The summed E-state index contributed by atoms with van der Waals surface area (Å²) < 4.78 is 1.81. The molecule has 0 bridgehead atoms. The normalized spacial score (nSPS) is 10.9. The average Bonchev–Trinajstić information content (AvgIpc) is 2.41.